The van der Waals surface area contributed by atoms with Crippen LogP contribution in [0.25, 0.3) is 0 Å². The Labute approximate surface area is 154 Å². The molecule has 1 aliphatic heterocycles. The van der Waals surface area contributed by atoms with Crippen molar-refractivity contribution in [3.05, 3.63) is 59.7 Å². The summed E-state index contributed by atoms with van der Waals surface area (Å²) in [7, 11) is 1.66. The van der Waals surface area contributed by atoms with Crippen LogP contribution in [0, 0.1) is 0 Å². The summed E-state index contributed by atoms with van der Waals surface area (Å²) in [6, 6.07) is 16.1. The number of hydrogen-bond acceptors (Lipinski definition) is 3. The summed E-state index contributed by atoms with van der Waals surface area (Å²) < 4.78 is 10.9. The van der Waals surface area contributed by atoms with Gasteiger partial charge in [-0.2, -0.15) is 0 Å². The zero-order chi connectivity index (χ0) is 18.5. The van der Waals surface area contributed by atoms with Gasteiger partial charge in [0, 0.05) is 13.1 Å². The fraction of sp³-hybridized carbons (Fsp3) is 0.381. The highest BCUT2D eigenvalue weighted by Crippen LogP contribution is 2.27. The molecule has 1 N–H and O–H groups in total. The van der Waals surface area contributed by atoms with E-state index in [-0.39, 0.29) is 18.2 Å². The van der Waals surface area contributed by atoms with Crippen molar-refractivity contribution in [3.63, 3.8) is 0 Å². The molecule has 0 aromatic heterocycles. The van der Waals surface area contributed by atoms with Gasteiger partial charge in [0.15, 0.2) is 0 Å². The van der Waals surface area contributed by atoms with Crippen LogP contribution in [0.15, 0.2) is 48.5 Å². The van der Waals surface area contributed by atoms with Crippen molar-refractivity contribution in [3.8, 4) is 11.5 Å². The first-order chi connectivity index (χ1) is 12.6. The van der Waals surface area contributed by atoms with Crippen LogP contribution < -0.4 is 14.8 Å². The Balaban J connectivity index is 1.66. The topological polar surface area (TPSA) is 50.8 Å². The van der Waals surface area contributed by atoms with E-state index in [9.17, 15) is 4.79 Å². The van der Waals surface area contributed by atoms with Crippen LogP contribution in [0.4, 0.5) is 4.79 Å². The molecule has 2 aromatic carbocycles. The molecule has 26 heavy (non-hydrogen) atoms. The van der Waals surface area contributed by atoms with Crippen molar-refractivity contribution in [1.29, 1.82) is 0 Å². The first-order valence-corrected chi connectivity index (χ1v) is 9.01. The van der Waals surface area contributed by atoms with Crippen molar-refractivity contribution in [2.24, 2.45) is 0 Å². The zero-order valence-electron chi connectivity index (χ0n) is 15.6. The van der Waals surface area contributed by atoms with E-state index in [0.29, 0.717) is 13.1 Å². The summed E-state index contributed by atoms with van der Waals surface area (Å²) in [5.74, 6) is 1.69. The second kappa shape index (κ2) is 8.13. The zero-order valence-corrected chi connectivity index (χ0v) is 15.6. The Morgan fingerprint density at radius 3 is 2.35 bits per heavy atom. The molecule has 1 unspecified atom stereocenters. The number of methoxy groups -OCH3 is 1. The molecule has 0 aliphatic carbocycles. The smallest absolute Gasteiger partial charge is 0.318 e. The first-order valence-electron chi connectivity index (χ1n) is 9.01. The maximum absolute atomic E-state index is 12.3. The Bertz CT molecular complexity index is 726. The molecular weight excluding hydrogens is 328 g/mol. The van der Waals surface area contributed by atoms with Gasteiger partial charge >= 0.3 is 6.03 Å². The lowest BCUT2D eigenvalue weighted by Crippen LogP contribution is -2.31. The highest BCUT2D eigenvalue weighted by atomic mass is 16.5. The maximum Gasteiger partial charge on any atom is 0.318 e. The van der Waals surface area contributed by atoms with E-state index in [1.165, 1.54) is 5.56 Å². The van der Waals surface area contributed by atoms with E-state index in [1.807, 2.05) is 67.3 Å². The minimum Gasteiger partial charge on any atom is -0.497 e. The fourth-order valence-corrected chi connectivity index (χ4v) is 3.17. The van der Waals surface area contributed by atoms with Crippen LogP contribution in [0.2, 0.25) is 0 Å². The van der Waals surface area contributed by atoms with Gasteiger partial charge in [-0.1, -0.05) is 24.3 Å². The van der Waals surface area contributed by atoms with Gasteiger partial charge < -0.3 is 19.7 Å². The van der Waals surface area contributed by atoms with Crippen LogP contribution in [0.3, 0.4) is 0 Å². The van der Waals surface area contributed by atoms with E-state index in [2.05, 4.69) is 5.32 Å². The molecule has 5 nitrogen and oxygen atoms in total. The number of nitrogens with zero attached hydrogens (tertiary/aromatic N) is 1. The average Bonchev–Trinajstić information content (AvgIpc) is 3.01. The van der Waals surface area contributed by atoms with E-state index < -0.39 is 0 Å². The maximum atomic E-state index is 12.3. The Kier molecular flexibility index (Phi) is 5.66. The standard InChI is InChI=1S/C21H26N2O3/c1-15(2)26-19-10-6-17(7-11-19)20-14-22-21(24)23(20)13-12-16-4-8-18(25-3)9-5-16/h4-11,15,20H,12-14H2,1-3H3,(H,22,24). The number of nitrogens with one attached hydrogen (secondary N) is 1. The van der Waals surface area contributed by atoms with Crippen molar-refractivity contribution in [1.82, 2.24) is 10.2 Å². The van der Waals surface area contributed by atoms with Crippen molar-refractivity contribution in [2.45, 2.75) is 32.4 Å². The quantitative estimate of drug-likeness (QED) is 0.823. The molecule has 2 amide bonds. The van der Waals surface area contributed by atoms with Crippen LogP contribution >= 0.6 is 0 Å². The molecule has 138 valence electrons. The molecule has 1 heterocycles. The third-order valence-corrected chi connectivity index (χ3v) is 4.52. The van der Waals surface area contributed by atoms with Crippen molar-refractivity contribution >= 4 is 6.03 Å². The van der Waals surface area contributed by atoms with Crippen LogP contribution in [-0.4, -0.2) is 37.2 Å². The Hall–Kier alpha value is -2.69. The summed E-state index contributed by atoms with van der Waals surface area (Å²) in [5.41, 5.74) is 2.30. The Morgan fingerprint density at radius 1 is 1.08 bits per heavy atom. The first kappa shape index (κ1) is 18.1. The summed E-state index contributed by atoms with van der Waals surface area (Å²) in [4.78, 5) is 14.2. The van der Waals surface area contributed by atoms with E-state index >= 15 is 0 Å². The molecular formula is C21H26N2O3. The van der Waals surface area contributed by atoms with Crippen molar-refractivity contribution in [2.75, 3.05) is 20.2 Å². The molecule has 0 radical (unpaired) electrons. The van der Waals surface area contributed by atoms with Gasteiger partial charge in [-0.15, -0.1) is 0 Å². The molecule has 1 fully saturated rings. The monoisotopic (exact) mass is 354 g/mol. The SMILES string of the molecule is COc1ccc(CCN2C(=O)NCC2c2ccc(OC(C)C)cc2)cc1. The lowest BCUT2D eigenvalue weighted by molar-refractivity contribution is 0.205. The molecule has 3 rings (SSSR count). The summed E-state index contributed by atoms with van der Waals surface area (Å²) >= 11 is 0. The highest BCUT2D eigenvalue weighted by molar-refractivity contribution is 5.77. The van der Waals surface area contributed by atoms with E-state index in [1.54, 1.807) is 7.11 Å². The molecule has 2 aromatic rings. The van der Waals surface area contributed by atoms with Gasteiger partial charge in [0.1, 0.15) is 11.5 Å². The fourth-order valence-electron chi connectivity index (χ4n) is 3.17. The number of amides is 2. The minimum absolute atomic E-state index is 0.00832. The number of hydrogen-bond donors (Lipinski definition) is 1. The number of rotatable bonds is 7. The predicted octanol–water partition coefficient (Wildman–Crippen LogP) is 3.79. The average molecular weight is 354 g/mol. The molecule has 1 atom stereocenters. The number of benzene rings is 2. The Morgan fingerprint density at radius 2 is 1.73 bits per heavy atom. The van der Waals surface area contributed by atoms with Crippen molar-refractivity contribution < 1.29 is 14.3 Å². The molecule has 0 bridgehead atoms. The van der Waals surface area contributed by atoms with Crippen LogP contribution in [0.5, 0.6) is 11.5 Å². The summed E-state index contributed by atoms with van der Waals surface area (Å²) in [5, 5.41) is 2.96. The molecule has 0 spiro atoms. The minimum atomic E-state index is -0.00832. The summed E-state index contributed by atoms with van der Waals surface area (Å²) in [6.45, 7) is 5.32. The second-order valence-electron chi connectivity index (χ2n) is 6.73. The molecule has 0 saturated carbocycles. The van der Waals surface area contributed by atoms with Gasteiger partial charge in [0.05, 0.1) is 19.3 Å². The number of carbonyl (C=O) groups is 1. The lowest BCUT2D eigenvalue weighted by Gasteiger charge is -2.24. The summed E-state index contributed by atoms with van der Waals surface area (Å²) in [6.07, 6.45) is 0.958. The largest absolute Gasteiger partial charge is 0.497 e. The van der Waals surface area contributed by atoms with Gasteiger partial charge in [0.2, 0.25) is 0 Å². The van der Waals surface area contributed by atoms with Crippen LogP contribution in [0.1, 0.15) is 31.0 Å². The van der Waals surface area contributed by atoms with Gasteiger partial charge in [-0.05, 0) is 55.7 Å². The van der Waals surface area contributed by atoms with E-state index in [0.717, 1.165) is 23.5 Å². The van der Waals surface area contributed by atoms with E-state index in [4.69, 9.17) is 9.47 Å². The normalized spacial score (nSPS) is 16.7. The second-order valence-corrected chi connectivity index (χ2v) is 6.73. The van der Waals surface area contributed by atoms with Crippen LogP contribution in [-0.2, 0) is 6.42 Å². The van der Waals surface area contributed by atoms with Gasteiger partial charge in [0.25, 0.3) is 0 Å². The number of ether oxygens (including phenoxy) is 2. The third-order valence-electron chi connectivity index (χ3n) is 4.52. The van der Waals surface area contributed by atoms with Gasteiger partial charge in [-0.25, -0.2) is 4.79 Å². The number of urea groups is 1. The predicted molar refractivity (Wildman–Crippen MR) is 102 cm³/mol. The third kappa shape index (κ3) is 4.28. The highest BCUT2D eigenvalue weighted by Gasteiger charge is 2.31. The molecule has 5 heteroatoms. The van der Waals surface area contributed by atoms with Gasteiger partial charge in [-0.3, -0.25) is 0 Å². The number of carbonyl (C=O) groups excluding carboxylic acids is 1. The lowest BCUT2D eigenvalue weighted by atomic mass is 10.1. The molecule has 1 aliphatic rings. The molecule has 1 saturated heterocycles.